The summed E-state index contributed by atoms with van der Waals surface area (Å²) in [5, 5.41) is 15.6. The molecule has 2 N–H and O–H groups in total. The maximum atomic E-state index is 13.7. The van der Waals surface area contributed by atoms with Crippen LogP contribution in [0.3, 0.4) is 0 Å². The number of carboxylic acids is 1. The van der Waals surface area contributed by atoms with Crippen molar-refractivity contribution < 1.29 is 28.3 Å². The Labute approximate surface area is 211 Å². The van der Waals surface area contributed by atoms with Gasteiger partial charge in [-0.1, -0.05) is 47.3 Å². The Morgan fingerprint density at radius 3 is 2.58 bits per heavy atom. The zero-order valence-corrected chi connectivity index (χ0v) is 20.2. The number of carbonyl (C=O) groups is 2. The highest BCUT2D eigenvalue weighted by atomic mass is 32.2. The SMILES string of the molecule is Cc1noc(-c2ccc(Sc3cccc(CC(=O)O)c3)cc2)c1NC(=O)OCCc1ccccc1F. The van der Waals surface area contributed by atoms with Crippen LogP contribution in [0.15, 0.2) is 87.1 Å². The molecule has 0 fully saturated rings. The van der Waals surface area contributed by atoms with Crippen LogP contribution in [0.5, 0.6) is 0 Å². The van der Waals surface area contributed by atoms with Gasteiger partial charge in [0.15, 0.2) is 5.76 Å². The quantitative estimate of drug-likeness (QED) is 0.272. The third-order valence-electron chi connectivity index (χ3n) is 5.26. The third-order valence-corrected chi connectivity index (χ3v) is 6.26. The van der Waals surface area contributed by atoms with Crippen molar-refractivity contribution in [1.82, 2.24) is 5.16 Å². The number of anilines is 1. The Kier molecular flexibility index (Phi) is 8.02. The number of aliphatic carboxylic acids is 1. The Hall–Kier alpha value is -4.11. The molecule has 0 aliphatic carbocycles. The highest BCUT2D eigenvalue weighted by Gasteiger charge is 2.18. The van der Waals surface area contributed by atoms with E-state index in [0.29, 0.717) is 28.3 Å². The Morgan fingerprint density at radius 1 is 1.06 bits per heavy atom. The van der Waals surface area contributed by atoms with Crippen LogP contribution < -0.4 is 5.32 Å². The van der Waals surface area contributed by atoms with Gasteiger partial charge in [-0.05, 0) is 60.5 Å². The van der Waals surface area contributed by atoms with E-state index in [1.54, 1.807) is 31.2 Å². The molecular weight excluding hydrogens is 483 g/mol. The lowest BCUT2D eigenvalue weighted by molar-refractivity contribution is -0.136. The highest BCUT2D eigenvalue weighted by molar-refractivity contribution is 7.99. The summed E-state index contributed by atoms with van der Waals surface area (Å²) in [6.07, 6.45) is -0.458. The number of hydrogen-bond donors (Lipinski definition) is 2. The third kappa shape index (κ3) is 6.51. The van der Waals surface area contributed by atoms with E-state index in [1.165, 1.54) is 17.8 Å². The fourth-order valence-corrected chi connectivity index (χ4v) is 4.41. The predicted octanol–water partition coefficient (Wildman–Crippen LogP) is 6.36. The standard InChI is InChI=1S/C27H23FN2O5S/c1-17-25(29-27(33)34-14-13-19-6-2-3-8-23(19)28)26(35-30-17)20-9-11-21(12-10-20)36-22-7-4-5-18(15-22)16-24(31)32/h2-12,15H,13-14,16H2,1H3,(H,29,33)(H,31,32). The summed E-state index contributed by atoms with van der Waals surface area (Å²) in [6.45, 7) is 1.72. The van der Waals surface area contributed by atoms with Gasteiger partial charge in [-0.2, -0.15) is 0 Å². The van der Waals surface area contributed by atoms with Crippen molar-refractivity contribution in [1.29, 1.82) is 0 Å². The van der Waals surface area contributed by atoms with Crippen molar-refractivity contribution in [2.75, 3.05) is 11.9 Å². The lowest BCUT2D eigenvalue weighted by Crippen LogP contribution is -2.16. The van der Waals surface area contributed by atoms with Gasteiger partial charge in [-0.3, -0.25) is 10.1 Å². The van der Waals surface area contributed by atoms with Crippen LogP contribution in [0.25, 0.3) is 11.3 Å². The van der Waals surface area contributed by atoms with Crippen LogP contribution in [0.2, 0.25) is 0 Å². The van der Waals surface area contributed by atoms with Crippen molar-refractivity contribution in [3.05, 3.63) is 95.4 Å². The van der Waals surface area contributed by atoms with E-state index >= 15 is 0 Å². The van der Waals surface area contributed by atoms with Crippen LogP contribution in [-0.4, -0.2) is 28.9 Å². The molecule has 1 heterocycles. The van der Waals surface area contributed by atoms with Crippen LogP contribution in [0.1, 0.15) is 16.8 Å². The molecule has 0 aliphatic rings. The number of rotatable bonds is 9. The number of ether oxygens (including phenoxy) is 1. The van der Waals surface area contributed by atoms with Gasteiger partial charge in [0.05, 0.1) is 13.0 Å². The van der Waals surface area contributed by atoms with Crippen molar-refractivity contribution in [2.24, 2.45) is 0 Å². The normalized spacial score (nSPS) is 10.7. The molecule has 0 spiro atoms. The average molecular weight is 507 g/mol. The van der Waals surface area contributed by atoms with Gasteiger partial charge >= 0.3 is 12.1 Å². The highest BCUT2D eigenvalue weighted by Crippen LogP contribution is 2.34. The van der Waals surface area contributed by atoms with Crippen molar-refractivity contribution >= 4 is 29.5 Å². The summed E-state index contributed by atoms with van der Waals surface area (Å²) in [5.41, 5.74) is 2.80. The molecule has 0 bridgehead atoms. The van der Waals surface area contributed by atoms with Gasteiger partial charge in [0.2, 0.25) is 0 Å². The molecule has 0 atom stereocenters. The minimum Gasteiger partial charge on any atom is -0.481 e. The molecule has 4 rings (SSSR count). The molecule has 0 radical (unpaired) electrons. The Bertz CT molecular complexity index is 1370. The summed E-state index contributed by atoms with van der Waals surface area (Å²) in [4.78, 5) is 25.2. The number of hydrogen-bond acceptors (Lipinski definition) is 6. The molecule has 0 aliphatic heterocycles. The number of nitrogens with zero attached hydrogens (tertiary/aromatic N) is 1. The summed E-state index contributed by atoms with van der Waals surface area (Å²) in [7, 11) is 0. The van der Waals surface area contributed by atoms with Crippen molar-refractivity contribution in [3.8, 4) is 11.3 Å². The van der Waals surface area contributed by atoms with Crippen LogP contribution >= 0.6 is 11.8 Å². The molecule has 4 aromatic rings. The van der Waals surface area contributed by atoms with Gasteiger partial charge in [0.1, 0.15) is 17.2 Å². The molecular formula is C27H23FN2O5S. The van der Waals surface area contributed by atoms with Gasteiger partial charge in [0.25, 0.3) is 0 Å². The van der Waals surface area contributed by atoms with Gasteiger partial charge in [0, 0.05) is 21.8 Å². The van der Waals surface area contributed by atoms with Gasteiger partial charge in [-0.25, -0.2) is 9.18 Å². The maximum Gasteiger partial charge on any atom is 0.411 e. The molecule has 9 heteroatoms. The number of aromatic nitrogens is 1. The summed E-state index contributed by atoms with van der Waals surface area (Å²) >= 11 is 1.51. The Balaban J connectivity index is 1.39. The first-order valence-electron chi connectivity index (χ1n) is 11.1. The first-order chi connectivity index (χ1) is 17.4. The van der Waals surface area contributed by atoms with E-state index < -0.39 is 12.1 Å². The minimum atomic E-state index is -0.873. The number of amides is 1. The second kappa shape index (κ2) is 11.5. The first kappa shape index (κ1) is 25.0. The molecule has 1 aromatic heterocycles. The fraction of sp³-hybridized carbons (Fsp3) is 0.148. The van der Waals surface area contributed by atoms with Crippen LogP contribution in [-0.2, 0) is 22.4 Å². The topological polar surface area (TPSA) is 102 Å². The van der Waals surface area contributed by atoms with Crippen molar-refractivity contribution in [3.63, 3.8) is 0 Å². The van der Waals surface area contributed by atoms with Gasteiger partial charge < -0.3 is 14.4 Å². The summed E-state index contributed by atoms with van der Waals surface area (Å²) in [5.74, 6) is -0.825. The number of halogens is 1. The zero-order valence-electron chi connectivity index (χ0n) is 19.4. The lowest BCUT2D eigenvalue weighted by Gasteiger charge is -2.08. The largest absolute Gasteiger partial charge is 0.481 e. The van der Waals surface area contributed by atoms with Crippen molar-refractivity contribution in [2.45, 2.75) is 29.6 Å². The van der Waals surface area contributed by atoms with Crippen LogP contribution in [0.4, 0.5) is 14.9 Å². The first-order valence-corrected chi connectivity index (χ1v) is 11.9. The minimum absolute atomic E-state index is 0.0199. The fourth-order valence-electron chi connectivity index (χ4n) is 3.51. The number of carbonyl (C=O) groups excluding carboxylic acids is 1. The number of benzene rings is 3. The molecule has 0 saturated heterocycles. The maximum absolute atomic E-state index is 13.7. The smallest absolute Gasteiger partial charge is 0.411 e. The van der Waals surface area contributed by atoms with Gasteiger partial charge in [-0.15, -0.1) is 0 Å². The predicted molar refractivity (Wildman–Crippen MR) is 134 cm³/mol. The number of aryl methyl sites for hydroxylation is 1. The molecule has 1 amide bonds. The molecule has 36 heavy (non-hydrogen) atoms. The summed E-state index contributed by atoms with van der Waals surface area (Å²) in [6, 6.07) is 21.2. The van der Waals surface area contributed by atoms with E-state index in [-0.39, 0.29) is 25.3 Å². The Morgan fingerprint density at radius 2 is 1.83 bits per heavy atom. The molecule has 184 valence electrons. The number of nitrogens with one attached hydrogen (secondary N) is 1. The monoisotopic (exact) mass is 506 g/mol. The molecule has 7 nitrogen and oxygen atoms in total. The van der Waals surface area contributed by atoms with Crippen LogP contribution in [0, 0.1) is 12.7 Å². The van der Waals surface area contributed by atoms with E-state index in [4.69, 9.17) is 14.4 Å². The lowest BCUT2D eigenvalue weighted by atomic mass is 10.1. The van der Waals surface area contributed by atoms with E-state index in [9.17, 15) is 14.0 Å². The second-order valence-electron chi connectivity index (χ2n) is 7.92. The van der Waals surface area contributed by atoms with E-state index in [1.807, 2.05) is 42.5 Å². The summed E-state index contributed by atoms with van der Waals surface area (Å²) < 4.78 is 24.4. The van der Waals surface area contributed by atoms with E-state index in [0.717, 1.165) is 15.4 Å². The number of carboxylic acid groups (broad SMARTS) is 1. The molecule has 0 unspecified atom stereocenters. The molecule has 0 saturated carbocycles. The average Bonchev–Trinajstić information content (AvgIpc) is 3.20. The molecule has 3 aromatic carbocycles. The van der Waals surface area contributed by atoms with E-state index in [2.05, 4.69) is 10.5 Å². The second-order valence-corrected chi connectivity index (χ2v) is 9.07. The zero-order chi connectivity index (χ0) is 25.5.